The van der Waals surface area contributed by atoms with E-state index in [-0.39, 0.29) is 35.5 Å². The number of nitrogens with one attached hydrogen (secondary N) is 2. The Morgan fingerprint density at radius 3 is 1.53 bits per heavy atom. The largest absolute Gasteiger partial charge is 0.444 e. The second-order valence-electron chi connectivity index (χ2n) is 19.2. The van der Waals surface area contributed by atoms with Gasteiger partial charge in [0.1, 0.15) is 22.9 Å². The number of aromatic amines is 2. The summed E-state index contributed by atoms with van der Waals surface area (Å²) in [6, 6.07) is 20.9. The monoisotopic (exact) mass is 808 g/mol. The van der Waals surface area contributed by atoms with E-state index in [2.05, 4.69) is 70.6 Å². The van der Waals surface area contributed by atoms with Gasteiger partial charge < -0.3 is 19.4 Å². The first-order valence-corrected chi connectivity index (χ1v) is 21.7. The topological polar surface area (TPSA) is 134 Å². The fraction of sp³-hybridized carbons (Fsp3) is 0.449. The van der Waals surface area contributed by atoms with E-state index in [4.69, 9.17) is 19.4 Å². The van der Waals surface area contributed by atoms with Crippen molar-refractivity contribution in [2.75, 3.05) is 13.1 Å². The van der Waals surface area contributed by atoms with Gasteiger partial charge in [-0.05, 0) is 125 Å². The number of rotatable bonds is 6. The molecule has 2 amide bonds. The Hall–Kier alpha value is -5.71. The van der Waals surface area contributed by atoms with Crippen molar-refractivity contribution < 1.29 is 23.9 Å². The van der Waals surface area contributed by atoms with Gasteiger partial charge in [-0.1, -0.05) is 73.5 Å². The second-order valence-corrected chi connectivity index (χ2v) is 19.2. The molecule has 3 fully saturated rings. The smallest absolute Gasteiger partial charge is 0.410 e. The van der Waals surface area contributed by atoms with E-state index >= 15 is 0 Å². The minimum Gasteiger partial charge on any atom is -0.444 e. The molecule has 2 saturated heterocycles. The quantitative estimate of drug-likeness (QED) is 0.174. The first-order chi connectivity index (χ1) is 28.7. The van der Waals surface area contributed by atoms with Crippen LogP contribution in [0.1, 0.15) is 133 Å². The number of ketones is 1. The van der Waals surface area contributed by atoms with E-state index in [9.17, 15) is 14.4 Å². The summed E-state index contributed by atoms with van der Waals surface area (Å²) in [5.41, 5.74) is 8.50. The van der Waals surface area contributed by atoms with Crippen LogP contribution in [0.5, 0.6) is 0 Å². The molecule has 1 saturated carbocycles. The standard InChI is InChI=1S/C49H56N6O5/c1-47(2,3)59-45(57)54-25-9-11-39(54)43-50-28-37(52-43)32-17-13-30(14-18-32)34-21-22-35(41-36(34)27-49(42(41)56)23-7-8-24-49)31-15-19-33(20-16-31)38-29-51-44(53-38)40-12-10-26-55(40)46(58)60-48(4,5)6/h13-22,28-29,39-40H,7-12,23-27H2,1-6H3,(H,50,52)(H,51,53)/t39-,40-/m0/s1. The molecule has 0 unspecified atom stereocenters. The van der Waals surface area contributed by atoms with Gasteiger partial charge >= 0.3 is 12.2 Å². The van der Waals surface area contributed by atoms with Crippen LogP contribution in [0, 0.1) is 5.41 Å². The predicted molar refractivity (Wildman–Crippen MR) is 231 cm³/mol. The number of aromatic nitrogens is 4. The van der Waals surface area contributed by atoms with Crippen molar-refractivity contribution in [1.82, 2.24) is 29.7 Å². The molecule has 0 bridgehead atoms. The highest BCUT2D eigenvalue weighted by molar-refractivity contribution is 6.11. The van der Waals surface area contributed by atoms with Gasteiger partial charge in [-0.3, -0.25) is 14.6 Å². The zero-order valence-electron chi connectivity index (χ0n) is 35.7. The number of nitrogens with zero attached hydrogens (tertiary/aromatic N) is 4. The van der Waals surface area contributed by atoms with E-state index in [0.717, 1.165) is 125 Å². The minimum absolute atomic E-state index is 0.149. The number of amides is 2. The fourth-order valence-electron chi connectivity index (χ4n) is 9.89. The molecule has 3 aromatic carbocycles. The molecule has 1 spiro atoms. The third-order valence-electron chi connectivity index (χ3n) is 12.7. The Balaban J connectivity index is 0.963. The molecule has 0 radical (unpaired) electrons. The summed E-state index contributed by atoms with van der Waals surface area (Å²) in [6.45, 7) is 12.6. The minimum atomic E-state index is -0.562. The molecule has 5 aromatic rings. The number of likely N-dealkylation sites (tertiary alicyclic amines) is 2. The molecule has 11 heteroatoms. The highest BCUT2D eigenvalue weighted by Gasteiger charge is 2.49. The number of fused-ring (bicyclic) bond motifs is 1. The van der Waals surface area contributed by atoms with Gasteiger partial charge in [-0.25, -0.2) is 19.6 Å². The maximum atomic E-state index is 14.6. The maximum Gasteiger partial charge on any atom is 0.410 e. The number of ether oxygens (including phenoxy) is 2. The number of hydrogen-bond donors (Lipinski definition) is 2. The van der Waals surface area contributed by atoms with Crippen LogP contribution in [0.3, 0.4) is 0 Å². The molecular weight excluding hydrogens is 753 g/mol. The molecule has 4 heterocycles. The number of hydrogen-bond acceptors (Lipinski definition) is 7. The van der Waals surface area contributed by atoms with Gasteiger partial charge in [-0.2, -0.15) is 0 Å². The van der Waals surface area contributed by atoms with E-state index in [1.807, 2.05) is 53.9 Å². The molecular formula is C49H56N6O5. The maximum absolute atomic E-state index is 14.6. The normalized spacial score (nSPS) is 20.0. The van der Waals surface area contributed by atoms with Gasteiger partial charge in [0.05, 0.1) is 35.9 Å². The van der Waals surface area contributed by atoms with Gasteiger partial charge in [0.15, 0.2) is 5.78 Å². The van der Waals surface area contributed by atoms with E-state index in [1.54, 1.807) is 9.80 Å². The van der Waals surface area contributed by atoms with Gasteiger partial charge in [-0.15, -0.1) is 0 Å². The number of carbonyl (C=O) groups excluding carboxylic acids is 3. The van der Waals surface area contributed by atoms with Crippen LogP contribution < -0.4 is 0 Å². The van der Waals surface area contributed by atoms with Crippen LogP contribution >= 0.6 is 0 Å². The summed E-state index contributed by atoms with van der Waals surface area (Å²) in [4.78, 5) is 60.4. The van der Waals surface area contributed by atoms with Crippen molar-refractivity contribution in [2.24, 2.45) is 5.41 Å². The number of Topliss-reactive ketones (excluding diaryl/α,β-unsaturated/α-hetero) is 1. The Morgan fingerprint density at radius 2 is 1.07 bits per heavy atom. The van der Waals surface area contributed by atoms with Crippen molar-refractivity contribution in [3.63, 3.8) is 0 Å². The summed E-state index contributed by atoms with van der Waals surface area (Å²) in [5, 5.41) is 0. The number of carbonyl (C=O) groups is 3. The molecule has 2 aliphatic carbocycles. The molecule has 2 N–H and O–H groups in total. The van der Waals surface area contributed by atoms with Crippen LogP contribution in [0.2, 0.25) is 0 Å². The van der Waals surface area contributed by atoms with Crippen molar-refractivity contribution in [3.05, 3.63) is 95.8 Å². The van der Waals surface area contributed by atoms with Crippen molar-refractivity contribution in [2.45, 2.75) is 123 Å². The first kappa shape index (κ1) is 39.7. The second kappa shape index (κ2) is 15.1. The Labute approximate surface area is 352 Å². The van der Waals surface area contributed by atoms with Gasteiger partial charge in [0.2, 0.25) is 0 Å². The van der Waals surface area contributed by atoms with Crippen molar-refractivity contribution in [1.29, 1.82) is 0 Å². The van der Waals surface area contributed by atoms with Crippen LogP contribution in [0.25, 0.3) is 44.8 Å². The lowest BCUT2D eigenvalue weighted by atomic mass is 9.81. The van der Waals surface area contributed by atoms with Crippen LogP contribution in [-0.4, -0.2) is 72.0 Å². The van der Waals surface area contributed by atoms with Crippen LogP contribution in [0.15, 0.2) is 73.1 Å². The van der Waals surface area contributed by atoms with Gasteiger partial charge in [0, 0.05) is 24.1 Å². The summed E-state index contributed by atoms with van der Waals surface area (Å²) in [5.74, 6) is 1.81. The molecule has 11 nitrogen and oxygen atoms in total. The molecule has 9 rings (SSSR count). The van der Waals surface area contributed by atoms with Crippen molar-refractivity contribution in [3.8, 4) is 44.8 Å². The molecule has 312 valence electrons. The third-order valence-corrected chi connectivity index (χ3v) is 12.7. The lowest BCUT2D eigenvalue weighted by Gasteiger charge is -2.27. The average molecular weight is 809 g/mol. The molecule has 4 aliphatic rings. The number of benzene rings is 3. The predicted octanol–water partition coefficient (Wildman–Crippen LogP) is 11.2. The fourth-order valence-corrected chi connectivity index (χ4v) is 9.89. The molecule has 2 atom stereocenters. The summed E-state index contributed by atoms with van der Waals surface area (Å²) < 4.78 is 11.4. The number of H-pyrrole nitrogens is 2. The lowest BCUT2D eigenvalue weighted by Crippen LogP contribution is -2.36. The highest BCUT2D eigenvalue weighted by atomic mass is 16.6. The molecule has 60 heavy (non-hydrogen) atoms. The highest BCUT2D eigenvalue weighted by Crippen LogP contribution is 2.53. The zero-order valence-corrected chi connectivity index (χ0v) is 35.7. The zero-order chi connectivity index (χ0) is 42.0. The van der Waals surface area contributed by atoms with Crippen LogP contribution in [-0.2, 0) is 15.9 Å². The Morgan fingerprint density at radius 1 is 0.633 bits per heavy atom. The Kier molecular flexibility index (Phi) is 9.99. The summed E-state index contributed by atoms with van der Waals surface area (Å²) >= 11 is 0. The van der Waals surface area contributed by atoms with Gasteiger partial charge in [0.25, 0.3) is 0 Å². The summed E-state index contributed by atoms with van der Waals surface area (Å²) in [7, 11) is 0. The van der Waals surface area contributed by atoms with E-state index in [1.165, 1.54) is 0 Å². The average Bonchev–Trinajstić information content (AvgIpc) is 4.06. The molecule has 2 aromatic heterocycles. The van der Waals surface area contributed by atoms with Crippen molar-refractivity contribution >= 4 is 18.0 Å². The van der Waals surface area contributed by atoms with E-state index < -0.39 is 11.2 Å². The third kappa shape index (κ3) is 7.52. The first-order valence-electron chi connectivity index (χ1n) is 21.7. The SMILES string of the molecule is CC(C)(C)OC(=O)N1CCC[C@H]1c1ncc(-c2ccc(-c3ccc(-c4ccc(-c5cnc([C@@H]6CCCN6C(=O)OC(C)(C)C)[nH]5)cc4)c4c3CC3(CCCC3)C4=O)cc2)[nH]1. The Bertz CT molecular complexity index is 2430. The lowest BCUT2D eigenvalue weighted by molar-refractivity contribution is 0.0208. The number of imidazole rings is 2. The molecule has 2 aliphatic heterocycles. The van der Waals surface area contributed by atoms with E-state index in [0.29, 0.717) is 13.1 Å². The summed E-state index contributed by atoms with van der Waals surface area (Å²) in [6.07, 6.45) is 11.3. The van der Waals surface area contributed by atoms with Crippen LogP contribution in [0.4, 0.5) is 9.59 Å².